The van der Waals surface area contributed by atoms with E-state index in [9.17, 15) is 14.3 Å². The summed E-state index contributed by atoms with van der Waals surface area (Å²) in [5.74, 6) is -0.120. The molecule has 0 aliphatic carbocycles. The number of likely N-dealkylation sites (N-methyl/N-ethyl adjacent to an activating group) is 1. The number of hydrogen-bond acceptors (Lipinski definition) is 2. The van der Waals surface area contributed by atoms with Crippen LogP contribution in [-0.2, 0) is 0 Å². The maximum Gasteiger partial charge on any atom is 0.409 e. The van der Waals surface area contributed by atoms with Crippen molar-refractivity contribution < 1.29 is 14.3 Å². The lowest BCUT2D eigenvalue weighted by Gasteiger charge is -2.20. The molecule has 1 fully saturated rings. The quantitative estimate of drug-likeness (QED) is 0.811. The summed E-state index contributed by atoms with van der Waals surface area (Å²) in [6.07, 6.45) is -0.0794. The zero-order valence-electron chi connectivity index (χ0n) is 14.1. The standard InChI is InChI=1S/C19H20ClFN2O2/c1-11-14(13-7-8-23(2)10-13)4-5-15(18(11)22-19(24)25)12-3-6-17(21)16(20)9-12/h3-6,9,13,22H,7-8,10H2,1-2H3,(H,24,25)/t13-/m0/s1. The Morgan fingerprint density at radius 3 is 2.72 bits per heavy atom. The second-order valence-electron chi connectivity index (χ2n) is 6.51. The Bertz CT molecular complexity index is 825. The van der Waals surface area contributed by atoms with Crippen LogP contribution < -0.4 is 5.32 Å². The molecule has 3 rings (SSSR count). The van der Waals surface area contributed by atoms with Crippen LogP contribution in [0.3, 0.4) is 0 Å². The van der Waals surface area contributed by atoms with Gasteiger partial charge in [-0.05, 0) is 61.7 Å². The minimum Gasteiger partial charge on any atom is -0.465 e. The molecule has 0 saturated carbocycles. The van der Waals surface area contributed by atoms with Crippen molar-refractivity contribution in [3.8, 4) is 11.1 Å². The molecule has 132 valence electrons. The molecule has 6 heteroatoms. The fourth-order valence-corrected chi connectivity index (χ4v) is 3.71. The van der Waals surface area contributed by atoms with Crippen molar-refractivity contribution in [2.75, 3.05) is 25.5 Å². The predicted molar refractivity (Wildman–Crippen MR) is 98.1 cm³/mol. The third kappa shape index (κ3) is 3.62. The largest absolute Gasteiger partial charge is 0.465 e. The molecule has 25 heavy (non-hydrogen) atoms. The van der Waals surface area contributed by atoms with E-state index in [1.807, 2.05) is 19.1 Å². The Morgan fingerprint density at radius 1 is 1.36 bits per heavy atom. The number of rotatable bonds is 3. The third-order valence-electron chi connectivity index (χ3n) is 4.80. The van der Waals surface area contributed by atoms with Gasteiger partial charge in [-0.2, -0.15) is 0 Å². The van der Waals surface area contributed by atoms with E-state index in [0.717, 1.165) is 30.6 Å². The molecule has 1 heterocycles. The highest BCUT2D eigenvalue weighted by Gasteiger charge is 2.25. The minimum absolute atomic E-state index is 0.0120. The van der Waals surface area contributed by atoms with Crippen molar-refractivity contribution in [3.05, 3.63) is 52.3 Å². The fourth-order valence-electron chi connectivity index (χ4n) is 3.53. The summed E-state index contributed by atoms with van der Waals surface area (Å²) in [5, 5.41) is 11.8. The van der Waals surface area contributed by atoms with E-state index in [-0.39, 0.29) is 5.02 Å². The summed E-state index contributed by atoms with van der Waals surface area (Å²) in [5.41, 5.74) is 3.94. The number of carboxylic acid groups (broad SMARTS) is 1. The van der Waals surface area contributed by atoms with E-state index >= 15 is 0 Å². The number of nitrogens with one attached hydrogen (secondary N) is 1. The van der Waals surface area contributed by atoms with Crippen LogP contribution in [0.15, 0.2) is 30.3 Å². The van der Waals surface area contributed by atoms with Crippen LogP contribution in [0.2, 0.25) is 5.02 Å². The second-order valence-corrected chi connectivity index (χ2v) is 6.92. The zero-order valence-corrected chi connectivity index (χ0v) is 14.9. The maximum atomic E-state index is 13.5. The molecule has 1 aliphatic heterocycles. The number of nitrogens with zero attached hydrogens (tertiary/aromatic N) is 1. The monoisotopic (exact) mass is 362 g/mol. The Hall–Kier alpha value is -2.11. The zero-order chi connectivity index (χ0) is 18.1. The van der Waals surface area contributed by atoms with Gasteiger partial charge < -0.3 is 10.0 Å². The van der Waals surface area contributed by atoms with E-state index in [4.69, 9.17) is 11.6 Å². The minimum atomic E-state index is -1.13. The highest BCUT2D eigenvalue weighted by atomic mass is 35.5. The van der Waals surface area contributed by atoms with Crippen molar-refractivity contribution in [2.24, 2.45) is 0 Å². The topological polar surface area (TPSA) is 52.6 Å². The molecule has 2 aromatic carbocycles. The molecule has 1 atom stereocenters. The average Bonchev–Trinajstić information content (AvgIpc) is 2.98. The lowest BCUT2D eigenvalue weighted by molar-refractivity contribution is 0.209. The van der Waals surface area contributed by atoms with Crippen LogP contribution in [-0.4, -0.2) is 36.2 Å². The van der Waals surface area contributed by atoms with Crippen LogP contribution in [0.5, 0.6) is 0 Å². The Morgan fingerprint density at radius 2 is 2.12 bits per heavy atom. The van der Waals surface area contributed by atoms with Gasteiger partial charge in [0.05, 0.1) is 10.7 Å². The van der Waals surface area contributed by atoms with Gasteiger partial charge in [-0.3, -0.25) is 5.32 Å². The first-order valence-corrected chi connectivity index (χ1v) is 8.52. The van der Waals surface area contributed by atoms with Gasteiger partial charge in [0.1, 0.15) is 5.82 Å². The Labute approximate surface area is 151 Å². The summed E-state index contributed by atoms with van der Waals surface area (Å²) in [4.78, 5) is 13.6. The van der Waals surface area contributed by atoms with Gasteiger partial charge in [0, 0.05) is 12.1 Å². The molecule has 1 saturated heterocycles. The van der Waals surface area contributed by atoms with Crippen LogP contribution >= 0.6 is 11.6 Å². The summed E-state index contributed by atoms with van der Waals surface area (Å²) in [6.45, 7) is 3.91. The number of amides is 1. The van der Waals surface area contributed by atoms with Crippen LogP contribution in [0.25, 0.3) is 11.1 Å². The molecule has 1 aliphatic rings. The molecule has 1 amide bonds. The van der Waals surface area contributed by atoms with Crippen molar-refractivity contribution in [3.63, 3.8) is 0 Å². The van der Waals surface area contributed by atoms with E-state index < -0.39 is 11.9 Å². The summed E-state index contributed by atoms with van der Waals surface area (Å²) < 4.78 is 13.5. The molecular formula is C19H20ClFN2O2. The number of halogens is 2. The normalized spacial score (nSPS) is 17.7. The van der Waals surface area contributed by atoms with Gasteiger partial charge in [0.2, 0.25) is 0 Å². The summed E-state index contributed by atoms with van der Waals surface area (Å²) >= 11 is 5.90. The molecule has 2 N–H and O–H groups in total. The average molecular weight is 363 g/mol. The van der Waals surface area contributed by atoms with Gasteiger partial charge in [-0.1, -0.05) is 29.8 Å². The van der Waals surface area contributed by atoms with Crippen LogP contribution in [0.4, 0.5) is 14.9 Å². The smallest absolute Gasteiger partial charge is 0.409 e. The second kappa shape index (κ2) is 7.02. The molecule has 0 radical (unpaired) electrons. The highest BCUT2D eigenvalue weighted by Crippen LogP contribution is 2.38. The molecule has 2 aromatic rings. The van der Waals surface area contributed by atoms with Crippen LogP contribution in [0, 0.1) is 12.7 Å². The van der Waals surface area contributed by atoms with Crippen molar-refractivity contribution in [1.29, 1.82) is 0 Å². The van der Waals surface area contributed by atoms with Crippen molar-refractivity contribution >= 4 is 23.4 Å². The molecule has 0 spiro atoms. The number of benzene rings is 2. The SMILES string of the molecule is Cc1c([C@H]2CCN(C)C2)ccc(-c2ccc(F)c(Cl)c2)c1NC(=O)O. The van der Waals surface area contributed by atoms with Gasteiger partial charge in [-0.25, -0.2) is 9.18 Å². The first kappa shape index (κ1) is 17.7. The molecule has 0 unspecified atom stereocenters. The van der Waals surface area contributed by atoms with E-state index in [0.29, 0.717) is 22.7 Å². The summed E-state index contributed by atoms with van der Waals surface area (Å²) in [7, 11) is 2.08. The van der Waals surface area contributed by atoms with Gasteiger partial charge >= 0.3 is 6.09 Å². The number of carbonyl (C=O) groups is 1. The molecular weight excluding hydrogens is 343 g/mol. The predicted octanol–water partition coefficient (Wildman–Crippen LogP) is 4.96. The summed E-state index contributed by atoms with van der Waals surface area (Å²) in [6, 6.07) is 8.33. The molecule has 0 bridgehead atoms. The van der Waals surface area contributed by atoms with Crippen molar-refractivity contribution in [2.45, 2.75) is 19.3 Å². The number of anilines is 1. The van der Waals surface area contributed by atoms with E-state index in [1.54, 1.807) is 6.07 Å². The van der Waals surface area contributed by atoms with Gasteiger partial charge in [0.15, 0.2) is 0 Å². The first-order chi connectivity index (χ1) is 11.9. The fraction of sp³-hybridized carbons (Fsp3) is 0.316. The van der Waals surface area contributed by atoms with Crippen molar-refractivity contribution in [1.82, 2.24) is 4.90 Å². The Kier molecular flexibility index (Phi) is 4.97. The van der Waals surface area contributed by atoms with Gasteiger partial charge in [0.25, 0.3) is 0 Å². The highest BCUT2D eigenvalue weighted by molar-refractivity contribution is 6.31. The first-order valence-electron chi connectivity index (χ1n) is 8.14. The Balaban J connectivity index is 2.10. The van der Waals surface area contributed by atoms with E-state index in [1.165, 1.54) is 12.1 Å². The molecule has 0 aromatic heterocycles. The number of likely N-dealkylation sites (tertiary alicyclic amines) is 1. The van der Waals surface area contributed by atoms with Crippen LogP contribution in [0.1, 0.15) is 23.5 Å². The lowest BCUT2D eigenvalue weighted by Crippen LogP contribution is -2.15. The molecule has 4 nitrogen and oxygen atoms in total. The van der Waals surface area contributed by atoms with Gasteiger partial charge in [-0.15, -0.1) is 0 Å². The lowest BCUT2D eigenvalue weighted by atomic mass is 9.89. The van der Waals surface area contributed by atoms with E-state index in [2.05, 4.69) is 17.3 Å². The maximum absolute atomic E-state index is 13.5. The number of hydrogen-bond donors (Lipinski definition) is 2. The third-order valence-corrected chi connectivity index (χ3v) is 5.09.